The molecule has 0 saturated heterocycles. The van der Waals surface area contributed by atoms with Crippen LogP contribution < -0.4 is 19.1 Å². The molecule has 4 rings (SSSR count). The maximum absolute atomic E-state index is 14.0. The van der Waals surface area contributed by atoms with E-state index in [0.29, 0.717) is 29.5 Å². The molecule has 1 aliphatic rings. The van der Waals surface area contributed by atoms with E-state index in [1.54, 1.807) is 31.2 Å². The summed E-state index contributed by atoms with van der Waals surface area (Å²) in [4.78, 5) is 28.2. The van der Waals surface area contributed by atoms with Crippen LogP contribution in [0.4, 0.5) is 10.1 Å². The summed E-state index contributed by atoms with van der Waals surface area (Å²) in [5.74, 6) is -0.739. The van der Waals surface area contributed by atoms with Gasteiger partial charge in [0.1, 0.15) is 31.6 Å². The first-order valence-electron chi connectivity index (χ1n) is 13.5. The number of amides is 2. The van der Waals surface area contributed by atoms with Crippen molar-refractivity contribution in [3.05, 3.63) is 83.1 Å². The number of rotatable bonds is 11. The average molecular weight is 618 g/mol. The summed E-state index contributed by atoms with van der Waals surface area (Å²) in [5.41, 5.74) is 0.766. The molecule has 42 heavy (non-hydrogen) atoms. The van der Waals surface area contributed by atoms with Gasteiger partial charge >= 0.3 is 0 Å². The first kappa shape index (κ1) is 31.1. The van der Waals surface area contributed by atoms with E-state index in [0.717, 1.165) is 16.4 Å². The SMILES string of the molecule is CC(C)CNC(=O)[C@@H](C)N(Cc1ccc(Cl)cc1)C(=O)CN(c1ccc(F)cc1)S(=O)(=O)c1ccc2c(c1)OCCO2. The van der Waals surface area contributed by atoms with Gasteiger partial charge in [0.2, 0.25) is 11.8 Å². The van der Waals surface area contributed by atoms with E-state index in [4.69, 9.17) is 21.1 Å². The molecule has 1 atom stereocenters. The van der Waals surface area contributed by atoms with Crippen LogP contribution in [0.3, 0.4) is 0 Å². The Morgan fingerprint density at radius 3 is 2.24 bits per heavy atom. The smallest absolute Gasteiger partial charge is 0.264 e. The quantitative estimate of drug-likeness (QED) is 0.336. The second kappa shape index (κ2) is 13.4. The van der Waals surface area contributed by atoms with E-state index in [1.807, 2.05) is 13.8 Å². The fourth-order valence-electron chi connectivity index (χ4n) is 4.27. The molecular weight excluding hydrogens is 585 g/mol. The van der Waals surface area contributed by atoms with Crippen LogP contribution in [0.1, 0.15) is 26.3 Å². The third-order valence-corrected chi connectivity index (χ3v) is 8.63. The molecule has 3 aromatic rings. The number of nitrogens with zero attached hydrogens (tertiary/aromatic N) is 2. The standard InChI is InChI=1S/C30H33ClFN3O6S/c1-20(2)17-33-30(37)21(3)34(18-22-4-6-23(31)7-5-22)29(36)19-35(25-10-8-24(32)9-11-25)42(38,39)26-12-13-27-28(16-26)41-15-14-40-27/h4-13,16,20-21H,14-15,17-19H2,1-3H3,(H,33,37)/t21-/m1/s1. The normalized spacial score (nSPS) is 13.4. The topological polar surface area (TPSA) is 105 Å². The van der Waals surface area contributed by atoms with Gasteiger partial charge in [-0.3, -0.25) is 13.9 Å². The number of carbonyl (C=O) groups excluding carboxylic acids is 2. The van der Waals surface area contributed by atoms with Crippen LogP contribution in [0.5, 0.6) is 11.5 Å². The third-order valence-electron chi connectivity index (χ3n) is 6.61. The van der Waals surface area contributed by atoms with Crippen molar-refractivity contribution in [3.63, 3.8) is 0 Å². The highest BCUT2D eigenvalue weighted by molar-refractivity contribution is 7.92. The molecule has 1 aliphatic heterocycles. The lowest BCUT2D eigenvalue weighted by molar-refractivity contribution is -0.139. The van der Waals surface area contributed by atoms with Crippen LogP contribution >= 0.6 is 11.6 Å². The number of anilines is 1. The van der Waals surface area contributed by atoms with E-state index < -0.39 is 34.3 Å². The van der Waals surface area contributed by atoms with Crippen molar-refractivity contribution in [1.29, 1.82) is 0 Å². The zero-order valence-electron chi connectivity index (χ0n) is 23.5. The number of carbonyl (C=O) groups is 2. The number of halogens is 2. The monoisotopic (exact) mass is 617 g/mol. The molecule has 1 heterocycles. The summed E-state index contributed by atoms with van der Waals surface area (Å²) < 4.78 is 53.8. The number of sulfonamides is 1. The van der Waals surface area contributed by atoms with Crippen LogP contribution in [0.25, 0.3) is 0 Å². The minimum atomic E-state index is -4.37. The molecule has 0 aliphatic carbocycles. The number of hydrogen-bond acceptors (Lipinski definition) is 6. The van der Waals surface area contributed by atoms with Gasteiger partial charge in [-0.1, -0.05) is 37.6 Å². The van der Waals surface area contributed by atoms with Gasteiger partial charge in [-0.25, -0.2) is 12.8 Å². The van der Waals surface area contributed by atoms with Crippen molar-refractivity contribution in [2.75, 3.05) is 30.6 Å². The predicted molar refractivity (Wildman–Crippen MR) is 158 cm³/mol. The first-order valence-corrected chi connectivity index (χ1v) is 15.3. The molecule has 0 spiro atoms. The second-order valence-electron chi connectivity index (χ2n) is 10.3. The first-order chi connectivity index (χ1) is 20.0. The Balaban J connectivity index is 1.70. The maximum Gasteiger partial charge on any atom is 0.264 e. The lowest BCUT2D eigenvalue weighted by Gasteiger charge is -2.32. The van der Waals surface area contributed by atoms with Crippen molar-refractivity contribution in [1.82, 2.24) is 10.2 Å². The molecule has 0 aromatic heterocycles. The Kier molecular flexibility index (Phi) is 9.95. The fourth-order valence-corrected chi connectivity index (χ4v) is 5.83. The van der Waals surface area contributed by atoms with Gasteiger partial charge in [0, 0.05) is 24.2 Å². The average Bonchev–Trinajstić information content (AvgIpc) is 2.98. The van der Waals surface area contributed by atoms with Gasteiger partial charge in [0.15, 0.2) is 11.5 Å². The third kappa shape index (κ3) is 7.51. The van der Waals surface area contributed by atoms with Gasteiger partial charge in [-0.15, -0.1) is 0 Å². The largest absolute Gasteiger partial charge is 0.486 e. The van der Waals surface area contributed by atoms with Crippen LogP contribution in [-0.2, 0) is 26.2 Å². The fraction of sp³-hybridized carbons (Fsp3) is 0.333. The molecule has 0 bridgehead atoms. The molecule has 3 aromatic carbocycles. The van der Waals surface area contributed by atoms with Gasteiger partial charge in [-0.2, -0.15) is 0 Å². The maximum atomic E-state index is 14.0. The highest BCUT2D eigenvalue weighted by Crippen LogP contribution is 2.34. The molecule has 12 heteroatoms. The summed E-state index contributed by atoms with van der Waals surface area (Å²) >= 11 is 6.03. The van der Waals surface area contributed by atoms with E-state index in [9.17, 15) is 22.4 Å². The number of hydrogen-bond donors (Lipinski definition) is 1. The van der Waals surface area contributed by atoms with Crippen molar-refractivity contribution in [2.24, 2.45) is 5.92 Å². The molecule has 0 unspecified atom stereocenters. The van der Waals surface area contributed by atoms with E-state index >= 15 is 0 Å². The zero-order valence-corrected chi connectivity index (χ0v) is 25.1. The molecule has 0 radical (unpaired) electrons. The lowest BCUT2D eigenvalue weighted by atomic mass is 10.1. The van der Waals surface area contributed by atoms with E-state index in [1.165, 1.54) is 35.2 Å². The Morgan fingerprint density at radius 1 is 0.952 bits per heavy atom. The summed E-state index contributed by atoms with van der Waals surface area (Å²) in [6.07, 6.45) is 0. The van der Waals surface area contributed by atoms with Crippen LogP contribution in [0.15, 0.2) is 71.6 Å². The van der Waals surface area contributed by atoms with E-state index in [2.05, 4.69) is 5.32 Å². The minimum absolute atomic E-state index is 0.0214. The van der Waals surface area contributed by atoms with Crippen LogP contribution in [0, 0.1) is 11.7 Å². The Hall–Kier alpha value is -3.83. The molecule has 0 fully saturated rings. The Morgan fingerprint density at radius 2 is 1.60 bits per heavy atom. The highest BCUT2D eigenvalue weighted by Gasteiger charge is 2.33. The van der Waals surface area contributed by atoms with Gasteiger partial charge < -0.3 is 19.7 Å². The van der Waals surface area contributed by atoms with Crippen molar-refractivity contribution < 1.29 is 31.9 Å². The molecule has 2 amide bonds. The minimum Gasteiger partial charge on any atom is -0.486 e. The molecule has 0 saturated carbocycles. The zero-order chi connectivity index (χ0) is 30.4. The number of nitrogens with one attached hydrogen (secondary N) is 1. The highest BCUT2D eigenvalue weighted by atomic mass is 35.5. The Bertz CT molecular complexity index is 1520. The number of fused-ring (bicyclic) bond motifs is 1. The summed E-state index contributed by atoms with van der Waals surface area (Å²) in [6.45, 7) is 5.85. The lowest BCUT2D eigenvalue weighted by Crippen LogP contribution is -2.51. The molecule has 224 valence electrons. The van der Waals surface area contributed by atoms with Gasteiger partial charge in [0.05, 0.1) is 10.6 Å². The molecule has 1 N–H and O–H groups in total. The number of ether oxygens (including phenoxy) is 2. The second-order valence-corrected chi connectivity index (χ2v) is 12.6. The summed E-state index contributed by atoms with van der Waals surface area (Å²) in [5, 5.41) is 3.34. The van der Waals surface area contributed by atoms with Crippen molar-refractivity contribution >= 4 is 39.1 Å². The molecule has 9 nitrogen and oxygen atoms in total. The van der Waals surface area contributed by atoms with E-state index in [-0.39, 0.29) is 41.3 Å². The summed E-state index contributed by atoms with van der Waals surface area (Å²) in [7, 11) is -4.37. The van der Waals surface area contributed by atoms with Crippen molar-refractivity contribution in [2.45, 2.75) is 38.3 Å². The molecular formula is C30H33ClFN3O6S. The van der Waals surface area contributed by atoms with Gasteiger partial charge in [-0.05, 0) is 66.9 Å². The predicted octanol–water partition coefficient (Wildman–Crippen LogP) is 4.64. The number of benzene rings is 3. The van der Waals surface area contributed by atoms with Crippen molar-refractivity contribution in [3.8, 4) is 11.5 Å². The summed E-state index contributed by atoms with van der Waals surface area (Å²) in [6, 6.07) is 14.8. The van der Waals surface area contributed by atoms with Crippen LogP contribution in [-0.4, -0.2) is 57.5 Å². The Labute approximate surface area is 250 Å². The van der Waals surface area contributed by atoms with Crippen LogP contribution in [0.2, 0.25) is 5.02 Å². The van der Waals surface area contributed by atoms with Gasteiger partial charge in [0.25, 0.3) is 10.0 Å².